The number of rotatable bonds is 1. The first-order chi connectivity index (χ1) is 9.15. The van der Waals surface area contributed by atoms with Gasteiger partial charge in [-0.25, -0.2) is 4.79 Å². The lowest BCUT2D eigenvalue weighted by Gasteiger charge is -2.29. The Morgan fingerprint density at radius 1 is 1.42 bits per heavy atom. The summed E-state index contributed by atoms with van der Waals surface area (Å²) < 4.78 is 1.01. The lowest BCUT2D eigenvalue weighted by molar-refractivity contribution is 0.132. The molecule has 0 aliphatic carbocycles. The molecule has 1 amide bonds. The third-order valence-corrected chi connectivity index (χ3v) is 4.21. The Kier molecular flexibility index (Phi) is 3.18. The van der Waals surface area contributed by atoms with Crippen molar-refractivity contribution in [1.82, 2.24) is 15.1 Å². The highest BCUT2D eigenvalue weighted by molar-refractivity contribution is 9.10. The normalized spacial score (nSPS) is 17.0. The van der Waals surface area contributed by atoms with Crippen LogP contribution in [0.4, 0.5) is 4.79 Å². The number of nitrogens with one attached hydrogen (secondary N) is 1. The van der Waals surface area contributed by atoms with Crippen LogP contribution in [0.15, 0.2) is 22.7 Å². The van der Waals surface area contributed by atoms with Crippen LogP contribution in [0.1, 0.15) is 24.5 Å². The quantitative estimate of drug-likeness (QED) is 0.846. The molecule has 19 heavy (non-hydrogen) atoms. The van der Waals surface area contributed by atoms with Crippen LogP contribution in [0.3, 0.4) is 0 Å². The van der Waals surface area contributed by atoms with E-state index in [-0.39, 0.29) is 0 Å². The molecule has 6 heteroatoms. The Morgan fingerprint density at radius 2 is 2.16 bits per heavy atom. The van der Waals surface area contributed by atoms with Crippen LogP contribution < -0.4 is 0 Å². The minimum absolute atomic E-state index is 0.363. The number of aromatic nitrogens is 2. The number of piperidine rings is 1. The first kappa shape index (κ1) is 12.5. The highest BCUT2D eigenvalue weighted by Crippen LogP contribution is 2.32. The summed E-state index contributed by atoms with van der Waals surface area (Å²) in [6, 6.07) is 6.05. The zero-order valence-corrected chi connectivity index (χ0v) is 11.9. The molecule has 0 bridgehead atoms. The fourth-order valence-electron chi connectivity index (χ4n) is 2.68. The molecule has 2 heterocycles. The lowest BCUT2D eigenvalue weighted by atomic mass is 9.92. The van der Waals surface area contributed by atoms with Crippen molar-refractivity contribution in [2.75, 3.05) is 13.1 Å². The molecule has 2 aromatic rings. The molecular weight excluding hydrogens is 310 g/mol. The minimum atomic E-state index is -0.822. The second-order valence-electron chi connectivity index (χ2n) is 4.84. The van der Waals surface area contributed by atoms with Gasteiger partial charge in [0.05, 0.1) is 5.52 Å². The number of H-pyrrole nitrogens is 1. The average Bonchev–Trinajstić information content (AvgIpc) is 2.81. The summed E-state index contributed by atoms with van der Waals surface area (Å²) in [6.45, 7) is 1.19. The van der Waals surface area contributed by atoms with E-state index in [9.17, 15) is 4.79 Å². The SMILES string of the molecule is O=C(O)N1CCC(c2[nH]nc3cc(Br)ccc23)CC1. The van der Waals surface area contributed by atoms with E-state index in [4.69, 9.17) is 5.11 Å². The molecule has 1 aliphatic heterocycles. The van der Waals surface area contributed by atoms with Crippen molar-refractivity contribution in [3.05, 3.63) is 28.4 Å². The second-order valence-corrected chi connectivity index (χ2v) is 5.76. The highest BCUT2D eigenvalue weighted by atomic mass is 79.9. The van der Waals surface area contributed by atoms with Gasteiger partial charge in [0.25, 0.3) is 0 Å². The number of likely N-dealkylation sites (tertiary alicyclic amines) is 1. The van der Waals surface area contributed by atoms with Crippen LogP contribution in [-0.2, 0) is 0 Å². The molecule has 0 radical (unpaired) electrons. The van der Waals surface area contributed by atoms with Crippen molar-refractivity contribution >= 4 is 32.9 Å². The van der Waals surface area contributed by atoms with Crippen LogP contribution >= 0.6 is 15.9 Å². The van der Waals surface area contributed by atoms with Crippen LogP contribution in [0, 0.1) is 0 Å². The molecule has 1 aromatic heterocycles. The van der Waals surface area contributed by atoms with Gasteiger partial charge in [-0.1, -0.05) is 15.9 Å². The van der Waals surface area contributed by atoms with Crippen molar-refractivity contribution in [2.24, 2.45) is 0 Å². The molecule has 1 aliphatic rings. The Labute approximate surface area is 118 Å². The Bertz CT molecular complexity index is 617. The average molecular weight is 324 g/mol. The first-order valence-corrected chi connectivity index (χ1v) is 7.06. The molecule has 0 atom stereocenters. The third kappa shape index (κ3) is 2.32. The van der Waals surface area contributed by atoms with E-state index in [1.165, 1.54) is 4.90 Å². The molecule has 5 nitrogen and oxygen atoms in total. The van der Waals surface area contributed by atoms with Gasteiger partial charge >= 0.3 is 6.09 Å². The smallest absolute Gasteiger partial charge is 0.407 e. The number of benzene rings is 1. The maximum Gasteiger partial charge on any atom is 0.407 e. The molecule has 3 rings (SSSR count). The van der Waals surface area contributed by atoms with Crippen molar-refractivity contribution in [3.63, 3.8) is 0 Å². The second kappa shape index (κ2) is 4.85. The molecular formula is C13H14BrN3O2. The number of hydrogen-bond acceptors (Lipinski definition) is 2. The predicted octanol–water partition coefficient (Wildman–Crippen LogP) is 3.18. The van der Waals surface area contributed by atoms with E-state index >= 15 is 0 Å². The number of carbonyl (C=O) groups is 1. The highest BCUT2D eigenvalue weighted by Gasteiger charge is 2.25. The molecule has 0 saturated carbocycles. The van der Waals surface area contributed by atoms with Crippen molar-refractivity contribution < 1.29 is 9.90 Å². The lowest BCUT2D eigenvalue weighted by Crippen LogP contribution is -2.36. The fraction of sp³-hybridized carbons (Fsp3) is 0.385. The van der Waals surface area contributed by atoms with Gasteiger partial charge in [-0.05, 0) is 31.0 Å². The Balaban J connectivity index is 1.84. The summed E-state index contributed by atoms with van der Waals surface area (Å²) in [4.78, 5) is 12.4. The Hall–Kier alpha value is -1.56. The molecule has 1 fully saturated rings. The topological polar surface area (TPSA) is 69.2 Å². The van der Waals surface area contributed by atoms with Crippen LogP contribution in [0.5, 0.6) is 0 Å². The van der Waals surface area contributed by atoms with E-state index in [2.05, 4.69) is 32.2 Å². The van der Waals surface area contributed by atoms with Crippen LogP contribution in [-0.4, -0.2) is 39.4 Å². The monoisotopic (exact) mass is 323 g/mol. The number of amides is 1. The van der Waals surface area contributed by atoms with Gasteiger partial charge < -0.3 is 10.0 Å². The number of nitrogens with zero attached hydrogens (tertiary/aromatic N) is 2. The number of carboxylic acid groups (broad SMARTS) is 1. The van der Waals surface area contributed by atoms with Crippen LogP contribution in [0.25, 0.3) is 10.9 Å². The predicted molar refractivity (Wildman–Crippen MR) is 75.4 cm³/mol. The van der Waals surface area contributed by atoms with Gasteiger partial charge in [0.2, 0.25) is 0 Å². The van der Waals surface area contributed by atoms with Gasteiger partial charge in [-0.15, -0.1) is 0 Å². The van der Waals surface area contributed by atoms with Crippen molar-refractivity contribution in [1.29, 1.82) is 0 Å². The number of aromatic amines is 1. The van der Waals surface area contributed by atoms with E-state index in [1.807, 2.05) is 12.1 Å². The summed E-state index contributed by atoms with van der Waals surface area (Å²) in [5.74, 6) is 0.363. The van der Waals surface area contributed by atoms with E-state index in [0.717, 1.165) is 33.9 Å². The summed E-state index contributed by atoms with van der Waals surface area (Å²) in [5, 5.41) is 17.5. The van der Waals surface area contributed by atoms with E-state index in [0.29, 0.717) is 19.0 Å². The summed E-state index contributed by atoms with van der Waals surface area (Å²) in [5.41, 5.74) is 2.08. The molecule has 0 unspecified atom stereocenters. The summed E-state index contributed by atoms with van der Waals surface area (Å²) in [7, 11) is 0. The fourth-order valence-corrected chi connectivity index (χ4v) is 3.03. The van der Waals surface area contributed by atoms with Gasteiger partial charge in [0.15, 0.2) is 0 Å². The standard InChI is InChI=1S/C13H14BrN3O2/c14-9-1-2-10-11(7-9)15-16-12(10)8-3-5-17(6-4-8)13(18)19/h1-2,7-8H,3-6H2,(H,15,16)(H,18,19). The Morgan fingerprint density at radius 3 is 2.84 bits per heavy atom. The minimum Gasteiger partial charge on any atom is -0.465 e. The largest absolute Gasteiger partial charge is 0.465 e. The number of hydrogen-bond donors (Lipinski definition) is 2. The zero-order valence-electron chi connectivity index (χ0n) is 10.3. The maximum atomic E-state index is 10.9. The van der Waals surface area contributed by atoms with Gasteiger partial charge in [0, 0.05) is 34.6 Å². The summed E-state index contributed by atoms with van der Waals surface area (Å²) in [6.07, 6.45) is 0.871. The summed E-state index contributed by atoms with van der Waals surface area (Å²) >= 11 is 3.44. The van der Waals surface area contributed by atoms with Crippen molar-refractivity contribution in [2.45, 2.75) is 18.8 Å². The first-order valence-electron chi connectivity index (χ1n) is 6.26. The number of halogens is 1. The molecule has 1 aromatic carbocycles. The van der Waals surface area contributed by atoms with Gasteiger partial charge in [0.1, 0.15) is 0 Å². The maximum absolute atomic E-state index is 10.9. The molecule has 1 saturated heterocycles. The molecule has 100 valence electrons. The van der Waals surface area contributed by atoms with Crippen molar-refractivity contribution in [3.8, 4) is 0 Å². The number of fused-ring (bicyclic) bond motifs is 1. The zero-order chi connectivity index (χ0) is 13.4. The molecule has 0 spiro atoms. The van der Waals surface area contributed by atoms with E-state index < -0.39 is 6.09 Å². The third-order valence-electron chi connectivity index (χ3n) is 3.72. The van der Waals surface area contributed by atoms with Crippen LogP contribution in [0.2, 0.25) is 0 Å². The molecule has 2 N–H and O–H groups in total. The van der Waals surface area contributed by atoms with E-state index in [1.54, 1.807) is 0 Å². The van der Waals surface area contributed by atoms with Gasteiger partial charge in [-0.2, -0.15) is 5.10 Å². The van der Waals surface area contributed by atoms with Gasteiger partial charge in [-0.3, -0.25) is 5.10 Å².